The number of aromatic nitrogens is 2. The molecule has 124 valence electrons. The predicted octanol–water partition coefficient (Wildman–Crippen LogP) is 3.26. The highest BCUT2D eigenvalue weighted by molar-refractivity contribution is 5.74. The Morgan fingerprint density at radius 2 is 2.27 bits per heavy atom. The lowest BCUT2D eigenvalue weighted by molar-refractivity contribution is 0.174. The van der Waals surface area contributed by atoms with E-state index in [9.17, 15) is 4.79 Å². The SMILES string of the molecule is Cc1[nH]ncc1CCCNC(=O)N1CCC[C@H]1CC(C)(C)C. The Balaban J connectivity index is 1.73. The average Bonchev–Trinajstić information content (AvgIpc) is 3.02. The number of rotatable bonds is 5. The molecule has 22 heavy (non-hydrogen) atoms. The van der Waals surface area contributed by atoms with E-state index in [0.29, 0.717) is 6.04 Å². The molecule has 2 amide bonds. The van der Waals surface area contributed by atoms with Crippen LogP contribution in [-0.4, -0.2) is 40.3 Å². The smallest absolute Gasteiger partial charge is 0.317 e. The fraction of sp³-hybridized carbons (Fsp3) is 0.765. The van der Waals surface area contributed by atoms with Crippen molar-refractivity contribution in [1.29, 1.82) is 0 Å². The van der Waals surface area contributed by atoms with Gasteiger partial charge in [0.25, 0.3) is 0 Å². The summed E-state index contributed by atoms with van der Waals surface area (Å²) >= 11 is 0. The van der Waals surface area contributed by atoms with Gasteiger partial charge in [-0.15, -0.1) is 0 Å². The van der Waals surface area contributed by atoms with Gasteiger partial charge in [0.2, 0.25) is 0 Å². The zero-order chi connectivity index (χ0) is 16.2. The summed E-state index contributed by atoms with van der Waals surface area (Å²) in [7, 11) is 0. The molecule has 5 heteroatoms. The van der Waals surface area contributed by atoms with Crippen LogP contribution >= 0.6 is 0 Å². The van der Waals surface area contributed by atoms with Crippen molar-refractivity contribution in [2.75, 3.05) is 13.1 Å². The van der Waals surface area contributed by atoms with Crippen molar-refractivity contribution in [3.05, 3.63) is 17.5 Å². The van der Waals surface area contributed by atoms with E-state index in [1.807, 2.05) is 18.0 Å². The lowest BCUT2D eigenvalue weighted by Crippen LogP contribution is -2.44. The minimum Gasteiger partial charge on any atom is -0.338 e. The molecule has 0 aliphatic carbocycles. The summed E-state index contributed by atoms with van der Waals surface area (Å²) in [5.74, 6) is 0. The molecule has 0 bridgehead atoms. The zero-order valence-corrected chi connectivity index (χ0v) is 14.4. The second-order valence-corrected chi connectivity index (χ2v) is 7.61. The first-order chi connectivity index (χ1) is 10.4. The Morgan fingerprint density at radius 1 is 1.50 bits per heavy atom. The third kappa shape index (κ3) is 4.75. The second-order valence-electron chi connectivity index (χ2n) is 7.61. The van der Waals surface area contributed by atoms with Crippen LogP contribution in [0, 0.1) is 12.3 Å². The quantitative estimate of drug-likeness (QED) is 0.820. The van der Waals surface area contributed by atoms with E-state index in [1.165, 1.54) is 5.56 Å². The molecule has 1 saturated heterocycles. The van der Waals surface area contributed by atoms with Gasteiger partial charge in [0.15, 0.2) is 0 Å². The van der Waals surface area contributed by atoms with Gasteiger partial charge in [0.1, 0.15) is 0 Å². The Bertz CT molecular complexity index is 489. The molecular weight excluding hydrogens is 276 g/mol. The van der Waals surface area contributed by atoms with Gasteiger partial charge < -0.3 is 10.2 Å². The zero-order valence-electron chi connectivity index (χ0n) is 14.4. The number of amides is 2. The number of carbonyl (C=O) groups excluding carboxylic acids is 1. The van der Waals surface area contributed by atoms with Crippen LogP contribution in [0.15, 0.2) is 6.20 Å². The first kappa shape index (κ1) is 16.8. The predicted molar refractivity (Wildman–Crippen MR) is 88.8 cm³/mol. The molecule has 1 aromatic rings. The van der Waals surface area contributed by atoms with Gasteiger partial charge >= 0.3 is 6.03 Å². The summed E-state index contributed by atoms with van der Waals surface area (Å²) < 4.78 is 0. The van der Waals surface area contributed by atoms with Crippen LogP contribution in [-0.2, 0) is 6.42 Å². The highest BCUT2D eigenvalue weighted by Gasteiger charge is 2.31. The van der Waals surface area contributed by atoms with Crippen molar-refractivity contribution in [3.8, 4) is 0 Å². The van der Waals surface area contributed by atoms with E-state index < -0.39 is 0 Å². The van der Waals surface area contributed by atoms with Crippen molar-refractivity contribution >= 4 is 6.03 Å². The van der Waals surface area contributed by atoms with Crippen molar-refractivity contribution < 1.29 is 4.79 Å². The van der Waals surface area contributed by atoms with E-state index in [-0.39, 0.29) is 11.4 Å². The maximum atomic E-state index is 12.4. The summed E-state index contributed by atoms with van der Waals surface area (Å²) in [6, 6.07) is 0.506. The molecule has 2 heterocycles. The number of likely N-dealkylation sites (tertiary alicyclic amines) is 1. The number of nitrogens with zero attached hydrogens (tertiary/aromatic N) is 2. The minimum atomic E-state index is 0.107. The lowest BCUT2D eigenvalue weighted by atomic mass is 9.87. The van der Waals surface area contributed by atoms with E-state index in [1.54, 1.807) is 0 Å². The molecule has 1 fully saturated rings. The summed E-state index contributed by atoms with van der Waals surface area (Å²) in [4.78, 5) is 14.4. The molecule has 2 rings (SSSR count). The van der Waals surface area contributed by atoms with E-state index in [4.69, 9.17) is 0 Å². The van der Waals surface area contributed by atoms with Crippen molar-refractivity contribution in [2.24, 2.45) is 5.41 Å². The molecule has 1 atom stereocenters. The number of aryl methyl sites for hydroxylation is 2. The number of hydrogen-bond acceptors (Lipinski definition) is 2. The van der Waals surface area contributed by atoms with Gasteiger partial charge in [-0.25, -0.2) is 4.79 Å². The van der Waals surface area contributed by atoms with Gasteiger partial charge in [-0.05, 0) is 50.0 Å². The maximum absolute atomic E-state index is 12.4. The second kappa shape index (κ2) is 7.16. The summed E-state index contributed by atoms with van der Waals surface area (Å²) in [6.45, 7) is 10.4. The molecule has 0 saturated carbocycles. The highest BCUT2D eigenvalue weighted by Crippen LogP contribution is 2.29. The third-order valence-electron chi connectivity index (χ3n) is 4.32. The summed E-state index contributed by atoms with van der Waals surface area (Å²) in [5.41, 5.74) is 2.63. The Hall–Kier alpha value is -1.52. The Labute approximate surface area is 133 Å². The molecule has 0 spiro atoms. The van der Waals surface area contributed by atoms with Crippen LogP contribution in [0.2, 0.25) is 0 Å². The standard InChI is InChI=1S/C17H30N4O/c1-13-14(12-19-20-13)7-5-9-18-16(22)21-10-6-8-15(21)11-17(2,3)4/h12,15H,5-11H2,1-4H3,(H,18,22)(H,19,20)/t15-/m0/s1. The number of hydrogen-bond donors (Lipinski definition) is 2. The topological polar surface area (TPSA) is 61.0 Å². The number of aromatic amines is 1. The molecule has 2 N–H and O–H groups in total. The van der Waals surface area contributed by atoms with E-state index in [0.717, 1.165) is 50.9 Å². The first-order valence-corrected chi connectivity index (χ1v) is 8.40. The number of carbonyl (C=O) groups is 1. The molecule has 0 aromatic carbocycles. The average molecular weight is 306 g/mol. The van der Waals surface area contributed by atoms with Crippen molar-refractivity contribution in [3.63, 3.8) is 0 Å². The molecule has 0 unspecified atom stereocenters. The van der Waals surface area contributed by atoms with Gasteiger partial charge in [-0.2, -0.15) is 5.10 Å². The van der Waals surface area contributed by atoms with E-state index in [2.05, 4.69) is 36.3 Å². The normalized spacial score (nSPS) is 18.7. The van der Waals surface area contributed by atoms with Crippen LogP contribution in [0.5, 0.6) is 0 Å². The van der Waals surface area contributed by atoms with Crippen molar-refractivity contribution in [2.45, 2.75) is 65.8 Å². The number of H-pyrrole nitrogens is 1. The molecule has 1 aliphatic rings. The monoisotopic (exact) mass is 306 g/mol. The molecule has 1 aromatic heterocycles. The highest BCUT2D eigenvalue weighted by atomic mass is 16.2. The van der Waals surface area contributed by atoms with E-state index >= 15 is 0 Å². The first-order valence-electron chi connectivity index (χ1n) is 8.40. The van der Waals surface area contributed by atoms with Crippen LogP contribution in [0.4, 0.5) is 4.79 Å². The Kier molecular flexibility index (Phi) is 5.48. The fourth-order valence-corrected chi connectivity index (χ4v) is 3.23. The molecular formula is C17H30N4O. The maximum Gasteiger partial charge on any atom is 0.317 e. The van der Waals surface area contributed by atoms with Gasteiger partial charge in [0, 0.05) is 24.8 Å². The number of urea groups is 1. The van der Waals surface area contributed by atoms with Crippen LogP contribution < -0.4 is 5.32 Å². The fourth-order valence-electron chi connectivity index (χ4n) is 3.23. The van der Waals surface area contributed by atoms with Gasteiger partial charge in [0.05, 0.1) is 6.20 Å². The van der Waals surface area contributed by atoms with Crippen LogP contribution in [0.1, 0.15) is 57.7 Å². The number of nitrogens with one attached hydrogen (secondary N) is 2. The van der Waals surface area contributed by atoms with Gasteiger partial charge in [-0.3, -0.25) is 5.10 Å². The molecule has 1 aliphatic heterocycles. The third-order valence-corrected chi connectivity index (χ3v) is 4.32. The molecule has 5 nitrogen and oxygen atoms in total. The molecule has 0 radical (unpaired) electrons. The summed E-state index contributed by atoms with van der Waals surface area (Å²) in [6.07, 6.45) is 7.12. The van der Waals surface area contributed by atoms with Crippen molar-refractivity contribution in [1.82, 2.24) is 20.4 Å². The van der Waals surface area contributed by atoms with Gasteiger partial charge in [-0.1, -0.05) is 20.8 Å². The Morgan fingerprint density at radius 3 is 2.91 bits per heavy atom. The minimum absolute atomic E-state index is 0.107. The summed E-state index contributed by atoms with van der Waals surface area (Å²) in [5, 5.41) is 10.0. The van der Waals surface area contributed by atoms with Crippen LogP contribution in [0.25, 0.3) is 0 Å². The van der Waals surface area contributed by atoms with Crippen LogP contribution in [0.3, 0.4) is 0 Å². The lowest BCUT2D eigenvalue weighted by Gasteiger charge is -2.30. The largest absolute Gasteiger partial charge is 0.338 e.